The van der Waals surface area contributed by atoms with E-state index in [0.29, 0.717) is 5.92 Å². The molecule has 11 heteroatoms. The number of hydrogen-bond donors (Lipinski definition) is 2. The Morgan fingerprint density at radius 1 is 1.28 bits per heavy atom. The van der Waals surface area contributed by atoms with Crippen LogP contribution in [-0.2, 0) is 11.0 Å². The Balaban J connectivity index is 1.41. The van der Waals surface area contributed by atoms with Crippen molar-refractivity contribution in [3.05, 3.63) is 28.2 Å². The van der Waals surface area contributed by atoms with E-state index in [1.54, 1.807) is 11.9 Å². The largest absolute Gasteiger partial charge is 0.431 e. The molecular weight excluding hydrogens is 391 g/mol. The third-order valence-electron chi connectivity index (χ3n) is 5.41. The molecular formula is C18H20F3N5O3. The van der Waals surface area contributed by atoms with Crippen LogP contribution in [0.3, 0.4) is 0 Å². The van der Waals surface area contributed by atoms with Crippen LogP contribution in [0.5, 0.6) is 0 Å². The number of anilines is 1. The molecule has 0 aromatic carbocycles. The summed E-state index contributed by atoms with van der Waals surface area (Å²) in [7, 11) is 0. The predicted octanol–water partition coefficient (Wildman–Crippen LogP) is 2.50. The zero-order chi connectivity index (χ0) is 20.8. The van der Waals surface area contributed by atoms with Gasteiger partial charge in [0.15, 0.2) is 0 Å². The zero-order valence-electron chi connectivity index (χ0n) is 15.6. The molecule has 1 saturated heterocycles. The van der Waals surface area contributed by atoms with E-state index in [4.69, 9.17) is 4.42 Å². The van der Waals surface area contributed by atoms with Gasteiger partial charge in [-0.1, -0.05) is 5.10 Å². The number of carbonyl (C=O) groups is 1. The minimum Gasteiger partial charge on any atom is -0.403 e. The van der Waals surface area contributed by atoms with E-state index in [1.165, 1.54) is 12.8 Å². The van der Waals surface area contributed by atoms with Gasteiger partial charge in [0.05, 0.1) is 0 Å². The molecule has 2 aromatic rings. The van der Waals surface area contributed by atoms with Gasteiger partial charge in [0.25, 0.3) is 11.4 Å². The number of amides is 1. The van der Waals surface area contributed by atoms with Crippen molar-refractivity contribution >= 4 is 11.9 Å². The van der Waals surface area contributed by atoms with Gasteiger partial charge in [-0.2, -0.15) is 13.2 Å². The fourth-order valence-corrected chi connectivity index (χ4v) is 3.66. The zero-order valence-corrected chi connectivity index (χ0v) is 15.6. The summed E-state index contributed by atoms with van der Waals surface area (Å²) in [6.07, 6.45) is -1.16. The molecule has 1 aliphatic carbocycles. The van der Waals surface area contributed by atoms with Gasteiger partial charge < -0.3 is 19.6 Å². The fraction of sp³-hybridized carbons (Fsp3) is 0.556. The van der Waals surface area contributed by atoms with Gasteiger partial charge in [-0.15, -0.1) is 5.10 Å². The van der Waals surface area contributed by atoms with Gasteiger partial charge in [0.1, 0.15) is 17.3 Å². The maximum absolute atomic E-state index is 12.7. The Morgan fingerprint density at radius 3 is 2.69 bits per heavy atom. The van der Waals surface area contributed by atoms with E-state index in [9.17, 15) is 22.8 Å². The van der Waals surface area contributed by atoms with Crippen LogP contribution in [0.4, 0.5) is 19.2 Å². The number of H-pyrrole nitrogens is 1. The van der Waals surface area contributed by atoms with Gasteiger partial charge in [-0.25, -0.2) is 0 Å². The number of nitrogens with one attached hydrogen (secondary N) is 2. The minimum atomic E-state index is -4.66. The average molecular weight is 411 g/mol. The second-order valence-electron chi connectivity index (χ2n) is 7.56. The second kappa shape index (κ2) is 7.20. The second-order valence-corrected chi connectivity index (χ2v) is 7.56. The van der Waals surface area contributed by atoms with Gasteiger partial charge in [-0.05, 0) is 50.2 Å². The molecule has 156 valence electrons. The number of halogens is 3. The minimum absolute atomic E-state index is 0.0831. The third kappa shape index (κ3) is 4.13. The van der Waals surface area contributed by atoms with Crippen LogP contribution in [0.25, 0.3) is 11.5 Å². The van der Waals surface area contributed by atoms with E-state index in [1.807, 2.05) is 4.90 Å². The molecule has 29 heavy (non-hydrogen) atoms. The van der Waals surface area contributed by atoms with Crippen LogP contribution in [0.2, 0.25) is 0 Å². The van der Waals surface area contributed by atoms with E-state index >= 15 is 0 Å². The van der Waals surface area contributed by atoms with Crippen LogP contribution in [0.15, 0.2) is 21.3 Å². The Labute approximate surface area is 163 Å². The standard InChI is InChI=1S/C18H20F3N5O3/c1-9(16(28)26-7-6-11(8-26)10-2-3-10)22-17-25-24-15(29-17)12-4-5-13(18(19,20)21)23-14(12)27/h4-5,9-11H,2-3,6-8H2,1H3,(H,22,25)(H,23,27)/t9-,11?/m1/s1. The van der Waals surface area contributed by atoms with E-state index in [0.717, 1.165) is 37.6 Å². The SMILES string of the molecule is C[C@@H](Nc1nnc(-c2ccc(C(F)(F)F)[nH]c2=O)o1)C(=O)N1CCC(C2CC2)C1. The highest BCUT2D eigenvalue weighted by atomic mass is 19.4. The molecule has 1 saturated carbocycles. The third-order valence-corrected chi connectivity index (χ3v) is 5.41. The van der Waals surface area contributed by atoms with Gasteiger partial charge >= 0.3 is 12.2 Å². The van der Waals surface area contributed by atoms with Crippen molar-refractivity contribution < 1.29 is 22.4 Å². The van der Waals surface area contributed by atoms with Crippen molar-refractivity contribution in [1.29, 1.82) is 0 Å². The van der Waals surface area contributed by atoms with Crippen molar-refractivity contribution in [2.45, 2.75) is 38.4 Å². The maximum Gasteiger partial charge on any atom is 0.431 e. The first-order chi connectivity index (χ1) is 13.7. The van der Waals surface area contributed by atoms with Gasteiger partial charge in [0.2, 0.25) is 5.91 Å². The monoisotopic (exact) mass is 411 g/mol. The smallest absolute Gasteiger partial charge is 0.403 e. The predicted molar refractivity (Wildman–Crippen MR) is 95.9 cm³/mol. The molecule has 2 N–H and O–H groups in total. The summed E-state index contributed by atoms with van der Waals surface area (Å²) in [5, 5.41) is 10.2. The number of likely N-dealkylation sites (tertiary alicyclic amines) is 1. The summed E-state index contributed by atoms with van der Waals surface area (Å²) < 4.78 is 43.3. The van der Waals surface area contributed by atoms with Crippen molar-refractivity contribution in [1.82, 2.24) is 20.1 Å². The lowest BCUT2D eigenvalue weighted by molar-refractivity contribution is -0.141. The van der Waals surface area contributed by atoms with Crippen LogP contribution >= 0.6 is 0 Å². The molecule has 0 bridgehead atoms. The van der Waals surface area contributed by atoms with E-state index < -0.39 is 23.5 Å². The lowest BCUT2D eigenvalue weighted by Crippen LogP contribution is -2.40. The van der Waals surface area contributed by atoms with Crippen LogP contribution in [0, 0.1) is 11.8 Å². The molecule has 0 radical (unpaired) electrons. The lowest BCUT2D eigenvalue weighted by atomic mass is 10.0. The number of nitrogens with zero attached hydrogens (tertiary/aromatic N) is 3. The first kappa shape index (κ1) is 19.5. The number of alkyl halides is 3. The fourth-order valence-electron chi connectivity index (χ4n) is 3.66. The molecule has 2 atom stereocenters. The number of hydrogen-bond acceptors (Lipinski definition) is 6. The van der Waals surface area contributed by atoms with Gasteiger partial charge in [-0.3, -0.25) is 9.59 Å². The Kier molecular flexibility index (Phi) is 4.83. The Morgan fingerprint density at radius 2 is 2.03 bits per heavy atom. The summed E-state index contributed by atoms with van der Waals surface area (Å²) in [6, 6.07) is 0.991. The average Bonchev–Trinajstić information content (AvgIpc) is 3.21. The maximum atomic E-state index is 12.7. The molecule has 2 aromatic heterocycles. The van der Waals surface area contributed by atoms with Crippen molar-refractivity contribution in [2.75, 3.05) is 18.4 Å². The summed E-state index contributed by atoms with van der Waals surface area (Å²) >= 11 is 0. The number of pyridine rings is 1. The lowest BCUT2D eigenvalue weighted by Gasteiger charge is -2.21. The molecule has 0 spiro atoms. The van der Waals surface area contributed by atoms with Crippen molar-refractivity contribution in [3.8, 4) is 11.5 Å². The van der Waals surface area contributed by atoms with Crippen LogP contribution in [0.1, 0.15) is 31.9 Å². The van der Waals surface area contributed by atoms with Gasteiger partial charge in [0, 0.05) is 13.1 Å². The topological polar surface area (TPSA) is 104 Å². The summed E-state index contributed by atoms with van der Waals surface area (Å²) in [5.74, 6) is 1.00. The van der Waals surface area contributed by atoms with Crippen molar-refractivity contribution in [3.63, 3.8) is 0 Å². The van der Waals surface area contributed by atoms with Crippen molar-refractivity contribution in [2.24, 2.45) is 11.8 Å². The molecule has 1 amide bonds. The quantitative estimate of drug-likeness (QED) is 0.784. The summed E-state index contributed by atoms with van der Waals surface area (Å²) in [6.45, 7) is 3.15. The molecule has 1 aliphatic heterocycles. The number of aromatic amines is 1. The van der Waals surface area contributed by atoms with E-state index in [2.05, 4.69) is 15.5 Å². The molecule has 1 unspecified atom stereocenters. The van der Waals surface area contributed by atoms with Crippen LogP contribution < -0.4 is 10.9 Å². The highest BCUT2D eigenvalue weighted by molar-refractivity contribution is 5.84. The number of rotatable bonds is 5. The first-order valence-corrected chi connectivity index (χ1v) is 9.42. The molecule has 2 fully saturated rings. The van der Waals surface area contributed by atoms with E-state index in [-0.39, 0.29) is 23.4 Å². The highest BCUT2D eigenvalue weighted by Gasteiger charge is 2.38. The number of aromatic nitrogens is 3. The Bertz CT molecular complexity index is 966. The molecule has 2 aliphatic rings. The molecule has 4 rings (SSSR count). The number of carbonyl (C=O) groups excluding carboxylic acids is 1. The molecule has 8 nitrogen and oxygen atoms in total. The normalized spacial score (nSPS) is 20.7. The summed E-state index contributed by atoms with van der Waals surface area (Å²) in [5.41, 5.74) is -2.36. The summed E-state index contributed by atoms with van der Waals surface area (Å²) in [4.78, 5) is 28.1. The van der Waals surface area contributed by atoms with Crippen LogP contribution in [-0.4, -0.2) is 45.1 Å². The highest BCUT2D eigenvalue weighted by Crippen LogP contribution is 2.41. The Hall–Kier alpha value is -2.85. The molecule has 3 heterocycles. The first-order valence-electron chi connectivity index (χ1n) is 9.42.